The minimum absolute atomic E-state index is 0.0679. The van der Waals surface area contributed by atoms with Crippen LogP contribution < -0.4 is 14.8 Å². The van der Waals surface area contributed by atoms with Gasteiger partial charge in [-0.05, 0) is 60.4 Å². The van der Waals surface area contributed by atoms with E-state index in [4.69, 9.17) is 4.74 Å². The SMILES string of the molecule is CC[C@@H](CNC(=O)c1ccc(S(=O)(=O)Nc2ccccc2OC)cc1)N1CCc2ccccc2C1. The van der Waals surface area contributed by atoms with Gasteiger partial charge in [0, 0.05) is 31.2 Å². The van der Waals surface area contributed by atoms with E-state index in [1.165, 1.54) is 42.5 Å². The Labute approximate surface area is 207 Å². The average Bonchev–Trinajstić information content (AvgIpc) is 2.89. The van der Waals surface area contributed by atoms with Crippen molar-refractivity contribution in [1.82, 2.24) is 10.2 Å². The summed E-state index contributed by atoms with van der Waals surface area (Å²) in [6.07, 6.45) is 1.94. The van der Waals surface area contributed by atoms with Gasteiger partial charge in [-0.1, -0.05) is 43.3 Å². The van der Waals surface area contributed by atoms with E-state index in [-0.39, 0.29) is 16.8 Å². The highest BCUT2D eigenvalue weighted by Gasteiger charge is 2.23. The zero-order valence-corrected chi connectivity index (χ0v) is 20.8. The molecule has 0 aliphatic carbocycles. The van der Waals surface area contributed by atoms with Gasteiger partial charge in [-0.3, -0.25) is 14.4 Å². The van der Waals surface area contributed by atoms with Crippen molar-refractivity contribution >= 4 is 21.6 Å². The van der Waals surface area contributed by atoms with E-state index < -0.39 is 10.0 Å². The summed E-state index contributed by atoms with van der Waals surface area (Å²) in [5.41, 5.74) is 3.52. The van der Waals surface area contributed by atoms with Crippen molar-refractivity contribution in [3.63, 3.8) is 0 Å². The average molecular weight is 494 g/mol. The molecule has 4 rings (SSSR count). The van der Waals surface area contributed by atoms with Crippen molar-refractivity contribution in [2.75, 3.05) is 24.9 Å². The number of hydrogen-bond donors (Lipinski definition) is 2. The Morgan fingerprint density at radius 1 is 1.00 bits per heavy atom. The third kappa shape index (κ3) is 5.83. The van der Waals surface area contributed by atoms with Crippen LogP contribution in [0, 0.1) is 0 Å². The molecule has 0 bridgehead atoms. The second-order valence-corrected chi connectivity index (χ2v) is 10.3. The van der Waals surface area contributed by atoms with Crippen molar-refractivity contribution in [3.8, 4) is 5.75 Å². The maximum atomic E-state index is 12.8. The van der Waals surface area contributed by atoms with Crippen LogP contribution in [0.3, 0.4) is 0 Å². The first-order valence-electron chi connectivity index (χ1n) is 11.8. The van der Waals surface area contributed by atoms with Gasteiger partial charge in [0.1, 0.15) is 5.75 Å². The number of methoxy groups -OCH3 is 1. The number of amides is 1. The molecule has 0 saturated heterocycles. The molecule has 1 atom stereocenters. The number of hydrogen-bond acceptors (Lipinski definition) is 5. The highest BCUT2D eigenvalue weighted by Crippen LogP contribution is 2.26. The zero-order valence-electron chi connectivity index (χ0n) is 20.0. The van der Waals surface area contributed by atoms with Crippen LogP contribution in [0.4, 0.5) is 5.69 Å². The number of anilines is 1. The normalized spacial score (nSPS) is 14.6. The summed E-state index contributed by atoms with van der Waals surface area (Å²) in [6.45, 7) is 4.52. The summed E-state index contributed by atoms with van der Waals surface area (Å²) in [5, 5.41) is 3.02. The number of carbonyl (C=O) groups excluding carboxylic acids is 1. The summed E-state index contributed by atoms with van der Waals surface area (Å²) >= 11 is 0. The predicted octanol–water partition coefficient (Wildman–Crippen LogP) is 4.06. The first-order chi connectivity index (χ1) is 16.9. The molecule has 2 N–H and O–H groups in total. The maximum absolute atomic E-state index is 12.8. The number of nitrogens with zero attached hydrogens (tertiary/aromatic N) is 1. The van der Waals surface area contributed by atoms with Gasteiger partial charge in [0.2, 0.25) is 0 Å². The molecule has 0 unspecified atom stereocenters. The zero-order chi connectivity index (χ0) is 24.8. The summed E-state index contributed by atoms with van der Waals surface area (Å²) in [4.78, 5) is 15.3. The van der Waals surface area contributed by atoms with Crippen LogP contribution in [0.1, 0.15) is 34.8 Å². The number of nitrogens with one attached hydrogen (secondary N) is 2. The van der Waals surface area contributed by atoms with E-state index in [2.05, 4.69) is 46.1 Å². The topological polar surface area (TPSA) is 87.7 Å². The quantitative estimate of drug-likeness (QED) is 0.469. The molecule has 0 fully saturated rings. The van der Waals surface area contributed by atoms with Gasteiger partial charge in [0.05, 0.1) is 17.7 Å². The third-order valence-corrected chi connectivity index (χ3v) is 7.81. The minimum atomic E-state index is -3.83. The van der Waals surface area contributed by atoms with Gasteiger partial charge in [-0.2, -0.15) is 0 Å². The van der Waals surface area contributed by atoms with Gasteiger partial charge in [0.15, 0.2) is 0 Å². The molecule has 1 amide bonds. The number of rotatable bonds is 9. The summed E-state index contributed by atoms with van der Waals surface area (Å²) in [6, 6.07) is 21.5. The van der Waals surface area contributed by atoms with Crippen LogP contribution in [-0.4, -0.2) is 45.5 Å². The number of fused-ring (bicyclic) bond motifs is 1. The van der Waals surface area contributed by atoms with Gasteiger partial charge >= 0.3 is 0 Å². The first kappa shape index (κ1) is 24.8. The second-order valence-electron chi connectivity index (χ2n) is 8.59. The van der Waals surface area contributed by atoms with Gasteiger partial charge < -0.3 is 10.1 Å². The molecule has 0 saturated carbocycles. The molecular formula is C27H31N3O4S. The van der Waals surface area contributed by atoms with Crippen LogP contribution in [0.2, 0.25) is 0 Å². The molecule has 8 heteroatoms. The number of sulfonamides is 1. The van der Waals surface area contributed by atoms with Crippen LogP contribution in [0.25, 0.3) is 0 Å². The lowest BCUT2D eigenvalue weighted by Gasteiger charge is -2.35. The summed E-state index contributed by atoms with van der Waals surface area (Å²) in [7, 11) is -2.35. The van der Waals surface area contributed by atoms with Crippen molar-refractivity contribution < 1.29 is 17.9 Å². The highest BCUT2D eigenvalue weighted by atomic mass is 32.2. The Kier molecular flexibility index (Phi) is 7.73. The van der Waals surface area contributed by atoms with Crippen LogP contribution in [0.5, 0.6) is 5.75 Å². The standard InChI is InChI=1S/C27H31N3O4S/c1-3-23(30-17-16-20-8-4-5-9-22(20)19-30)18-28-27(31)21-12-14-24(15-13-21)35(32,33)29-25-10-6-7-11-26(25)34-2/h4-15,23,29H,3,16-19H2,1-2H3,(H,28,31)/t23-/m0/s1. The number of carbonyl (C=O) groups is 1. The third-order valence-electron chi connectivity index (χ3n) is 6.42. The lowest BCUT2D eigenvalue weighted by molar-refractivity contribution is 0.0926. The van der Waals surface area contributed by atoms with E-state index in [1.807, 2.05) is 0 Å². The monoisotopic (exact) mass is 493 g/mol. The highest BCUT2D eigenvalue weighted by molar-refractivity contribution is 7.92. The van der Waals surface area contributed by atoms with Gasteiger partial charge in [-0.25, -0.2) is 8.42 Å². The molecule has 1 heterocycles. The summed E-state index contributed by atoms with van der Waals surface area (Å²) in [5.74, 6) is 0.206. The Morgan fingerprint density at radius 3 is 2.40 bits per heavy atom. The lowest BCUT2D eigenvalue weighted by Crippen LogP contribution is -2.45. The van der Waals surface area contributed by atoms with E-state index in [1.54, 1.807) is 24.3 Å². The fourth-order valence-electron chi connectivity index (χ4n) is 4.39. The molecule has 184 valence electrons. The van der Waals surface area contributed by atoms with Gasteiger partial charge in [-0.15, -0.1) is 0 Å². The molecule has 3 aromatic rings. The Bertz CT molecular complexity index is 1280. The fraction of sp³-hybridized carbons (Fsp3) is 0.296. The summed E-state index contributed by atoms with van der Waals surface area (Å²) < 4.78 is 33.3. The predicted molar refractivity (Wildman–Crippen MR) is 137 cm³/mol. The maximum Gasteiger partial charge on any atom is 0.262 e. The molecule has 0 spiro atoms. The molecular weight excluding hydrogens is 462 g/mol. The lowest BCUT2D eigenvalue weighted by atomic mass is 9.98. The van der Waals surface area contributed by atoms with Crippen LogP contribution in [0.15, 0.2) is 77.7 Å². The largest absolute Gasteiger partial charge is 0.495 e. The second kappa shape index (κ2) is 10.9. The fourth-order valence-corrected chi connectivity index (χ4v) is 5.46. The van der Waals surface area contributed by atoms with Crippen molar-refractivity contribution in [2.24, 2.45) is 0 Å². The van der Waals surface area contributed by atoms with Crippen LogP contribution in [-0.2, 0) is 23.0 Å². The Morgan fingerprint density at radius 2 is 1.69 bits per heavy atom. The smallest absolute Gasteiger partial charge is 0.262 e. The first-order valence-corrected chi connectivity index (χ1v) is 13.2. The van der Waals surface area contributed by atoms with E-state index >= 15 is 0 Å². The van der Waals surface area contributed by atoms with E-state index in [0.29, 0.717) is 23.5 Å². The molecule has 3 aromatic carbocycles. The molecule has 0 aromatic heterocycles. The Hall–Kier alpha value is -3.36. The molecule has 7 nitrogen and oxygen atoms in total. The number of ether oxygens (including phenoxy) is 1. The van der Waals surface area contributed by atoms with Crippen molar-refractivity contribution in [3.05, 3.63) is 89.5 Å². The van der Waals surface area contributed by atoms with Crippen molar-refractivity contribution in [2.45, 2.75) is 37.2 Å². The molecule has 0 radical (unpaired) electrons. The number of para-hydroxylation sites is 2. The molecule has 1 aliphatic heterocycles. The van der Waals surface area contributed by atoms with Crippen molar-refractivity contribution in [1.29, 1.82) is 0 Å². The molecule has 35 heavy (non-hydrogen) atoms. The minimum Gasteiger partial charge on any atom is -0.495 e. The van der Waals surface area contributed by atoms with E-state index in [9.17, 15) is 13.2 Å². The van der Waals surface area contributed by atoms with Gasteiger partial charge in [0.25, 0.3) is 15.9 Å². The van der Waals surface area contributed by atoms with Crippen LogP contribution >= 0.6 is 0 Å². The number of benzene rings is 3. The molecule has 1 aliphatic rings. The van der Waals surface area contributed by atoms with E-state index in [0.717, 1.165) is 25.9 Å². The Balaban J connectivity index is 1.37.